The summed E-state index contributed by atoms with van der Waals surface area (Å²) in [6.45, 7) is 7.08. The van der Waals surface area contributed by atoms with Crippen LogP contribution in [0.1, 0.15) is 51.1 Å². The third-order valence-corrected chi connectivity index (χ3v) is 3.44. The summed E-state index contributed by atoms with van der Waals surface area (Å²) in [6.07, 6.45) is 0.886. The molecule has 1 aromatic heterocycles. The van der Waals surface area contributed by atoms with Crippen LogP contribution in [-0.4, -0.2) is 37.0 Å². The highest BCUT2D eigenvalue weighted by atomic mass is 16.5. The molecule has 3 unspecified atom stereocenters. The topological polar surface area (TPSA) is 69.4 Å². The maximum absolute atomic E-state index is 5.49. The van der Waals surface area contributed by atoms with Gasteiger partial charge in [-0.05, 0) is 11.8 Å². The van der Waals surface area contributed by atoms with E-state index in [4.69, 9.17) is 14.0 Å². The van der Waals surface area contributed by atoms with Crippen molar-refractivity contribution in [2.45, 2.75) is 45.4 Å². The summed E-state index contributed by atoms with van der Waals surface area (Å²) in [7, 11) is 3.38. The van der Waals surface area contributed by atoms with Crippen LogP contribution < -0.4 is 5.32 Å². The maximum Gasteiger partial charge on any atom is 0.243 e. The molecule has 3 atom stereocenters. The molecule has 1 aromatic rings. The summed E-state index contributed by atoms with van der Waals surface area (Å²) in [5, 5.41) is 7.38. The van der Waals surface area contributed by atoms with Crippen LogP contribution >= 0.6 is 0 Å². The zero-order valence-electron chi connectivity index (χ0n) is 12.3. The van der Waals surface area contributed by atoms with Gasteiger partial charge in [0, 0.05) is 20.8 Å². The predicted molar refractivity (Wildman–Crippen MR) is 69.7 cm³/mol. The predicted octanol–water partition coefficient (Wildman–Crippen LogP) is 1.85. The Balaban J connectivity index is 2.11. The first-order chi connectivity index (χ1) is 8.95. The molecule has 1 aliphatic heterocycles. The van der Waals surface area contributed by atoms with Crippen LogP contribution in [-0.2, 0) is 9.47 Å². The van der Waals surface area contributed by atoms with E-state index in [1.54, 1.807) is 14.2 Å². The van der Waals surface area contributed by atoms with Crippen LogP contribution in [0.5, 0.6) is 0 Å². The van der Waals surface area contributed by atoms with Gasteiger partial charge < -0.3 is 19.3 Å². The Kier molecular flexibility index (Phi) is 4.23. The Morgan fingerprint density at radius 1 is 1.37 bits per heavy atom. The number of hydrogen-bond acceptors (Lipinski definition) is 6. The van der Waals surface area contributed by atoms with Crippen molar-refractivity contribution in [3.05, 3.63) is 11.7 Å². The van der Waals surface area contributed by atoms with Gasteiger partial charge in [-0.3, -0.25) is 0 Å². The zero-order chi connectivity index (χ0) is 14.0. The molecule has 1 aliphatic rings. The van der Waals surface area contributed by atoms with Gasteiger partial charge in [-0.15, -0.1) is 0 Å². The summed E-state index contributed by atoms with van der Waals surface area (Å²) in [5.74, 6) is 1.22. The van der Waals surface area contributed by atoms with Crippen molar-refractivity contribution in [2.24, 2.45) is 5.41 Å². The minimum atomic E-state index is -0.176. The average Bonchev–Trinajstić information content (AvgIpc) is 2.95. The quantitative estimate of drug-likeness (QED) is 0.899. The first-order valence-electron chi connectivity index (χ1n) is 6.58. The lowest BCUT2D eigenvalue weighted by molar-refractivity contribution is 0.00718. The van der Waals surface area contributed by atoms with E-state index >= 15 is 0 Å². The summed E-state index contributed by atoms with van der Waals surface area (Å²) in [4.78, 5) is 4.48. The van der Waals surface area contributed by atoms with E-state index in [1.807, 2.05) is 0 Å². The summed E-state index contributed by atoms with van der Waals surface area (Å²) >= 11 is 0. The summed E-state index contributed by atoms with van der Waals surface area (Å²) < 4.78 is 16.2. The van der Waals surface area contributed by atoms with Gasteiger partial charge in [0.25, 0.3) is 0 Å². The van der Waals surface area contributed by atoms with E-state index in [-0.39, 0.29) is 23.7 Å². The highest BCUT2D eigenvalue weighted by Crippen LogP contribution is 2.34. The largest absolute Gasteiger partial charge is 0.380 e. The molecule has 0 bridgehead atoms. The molecule has 6 heteroatoms. The van der Waals surface area contributed by atoms with E-state index in [2.05, 4.69) is 36.2 Å². The molecular formula is C13H23N3O3. The second-order valence-corrected chi connectivity index (χ2v) is 6.03. The van der Waals surface area contributed by atoms with Gasteiger partial charge in [0.05, 0.1) is 12.1 Å². The van der Waals surface area contributed by atoms with Crippen LogP contribution in [0.25, 0.3) is 0 Å². The van der Waals surface area contributed by atoms with Crippen LogP contribution in [0.3, 0.4) is 0 Å². The van der Waals surface area contributed by atoms with E-state index in [0.717, 1.165) is 13.0 Å². The second kappa shape index (κ2) is 5.56. The normalized spacial score (nSPS) is 25.7. The molecule has 1 N–H and O–H groups in total. The molecule has 19 heavy (non-hydrogen) atoms. The number of ether oxygens (including phenoxy) is 2. The number of methoxy groups -OCH3 is 2. The fourth-order valence-corrected chi connectivity index (χ4v) is 2.41. The number of aromatic nitrogens is 2. The Labute approximate surface area is 113 Å². The fourth-order valence-electron chi connectivity index (χ4n) is 2.41. The van der Waals surface area contributed by atoms with Gasteiger partial charge in [-0.1, -0.05) is 25.9 Å². The van der Waals surface area contributed by atoms with Gasteiger partial charge in [0.2, 0.25) is 11.7 Å². The molecular weight excluding hydrogens is 246 g/mol. The average molecular weight is 269 g/mol. The van der Waals surface area contributed by atoms with E-state index in [9.17, 15) is 0 Å². The molecule has 0 amide bonds. The molecule has 1 fully saturated rings. The monoisotopic (exact) mass is 269 g/mol. The lowest BCUT2D eigenvalue weighted by Gasteiger charge is -2.26. The Hall–Kier alpha value is -0.980. The minimum Gasteiger partial charge on any atom is -0.380 e. The van der Waals surface area contributed by atoms with Crippen LogP contribution in [0.4, 0.5) is 0 Å². The molecule has 0 radical (unpaired) electrons. The van der Waals surface area contributed by atoms with Crippen molar-refractivity contribution in [2.75, 3.05) is 20.8 Å². The second-order valence-electron chi connectivity index (χ2n) is 6.03. The molecule has 2 rings (SSSR count). The van der Waals surface area contributed by atoms with Crippen molar-refractivity contribution in [3.63, 3.8) is 0 Å². The highest BCUT2D eigenvalue weighted by Gasteiger charge is 2.34. The highest BCUT2D eigenvalue weighted by molar-refractivity contribution is 5.01. The molecule has 1 saturated heterocycles. The number of rotatable bonds is 4. The van der Waals surface area contributed by atoms with Crippen LogP contribution in [0.2, 0.25) is 0 Å². The molecule has 6 nitrogen and oxygen atoms in total. The van der Waals surface area contributed by atoms with E-state index < -0.39 is 0 Å². The molecule has 0 saturated carbocycles. The van der Waals surface area contributed by atoms with Gasteiger partial charge in [-0.2, -0.15) is 4.98 Å². The van der Waals surface area contributed by atoms with Crippen LogP contribution in [0, 0.1) is 5.41 Å². The number of nitrogens with one attached hydrogen (secondary N) is 1. The summed E-state index contributed by atoms with van der Waals surface area (Å²) in [6, 6.07) is 0.0728. The lowest BCUT2D eigenvalue weighted by atomic mass is 9.88. The number of nitrogens with zero attached hydrogens (tertiary/aromatic N) is 2. The van der Waals surface area contributed by atoms with Crippen molar-refractivity contribution in [1.82, 2.24) is 15.5 Å². The molecule has 0 aromatic carbocycles. The van der Waals surface area contributed by atoms with Crippen molar-refractivity contribution < 1.29 is 14.0 Å². The van der Waals surface area contributed by atoms with Crippen molar-refractivity contribution in [3.8, 4) is 0 Å². The third-order valence-electron chi connectivity index (χ3n) is 3.44. The number of hydrogen-bond donors (Lipinski definition) is 1. The van der Waals surface area contributed by atoms with Gasteiger partial charge in [0.1, 0.15) is 6.10 Å². The van der Waals surface area contributed by atoms with Crippen molar-refractivity contribution >= 4 is 0 Å². The Morgan fingerprint density at radius 2 is 2.11 bits per heavy atom. The van der Waals surface area contributed by atoms with Gasteiger partial charge in [-0.25, -0.2) is 0 Å². The summed E-state index contributed by atoms with van der Waals surface area (Å²) in [5.41, 5.74) is -0.0753. The van der Waals surface area contributed by atoms with Crippen molar-refractivity contribution in [1.29, 1.82) is 0 Å². The first kappa shape index (κ1) is 14.4. The van der Waals surface area contributed by atoms with E-state index in [1.165, 1.54) is 0 Å². The SMILES string of the molecule is COC1CNC(c2nc(C(OC)C(C)(C)C)no2)C1. The van der Waals surface area contributed by atoms with E-state index in [0.29, 0.717) is 11.7 Å². The van der Waals surface area contributed by atoms with Gasteiger partial charge in [0.15, 0.2) is 0 Å². The fraction of sp³-hybridized carbons (Fsp3) is 0.846. The third kappa shape index (κ3) is 3.13. The standard InChI is InChI=1S/C13H23N3O3/c1-13(2,3)10(18-5)11-15-12(19-16-11)9-6-8(17-4)7-14-9/h8-10,14H,6-7H2,1-5H3. The Bertz CT molecular complexity index is 414. The molecule has 0 spiro atoms. The lowest BCUT2D eigenvalue weighted by Crippen LogP contribution is -2.21. The molecule has 0 aliphatic carbocycles. The molecule has 108 valence electrons. The van der Waals surface area contributed by atoms with Gasteiger partial charge >= 0.3 is 0 Å². The Morgan fingerprint density at radius 3 is 2.63 bits per heavy atom. The smallest absolute Gasteiger partial charge is 0.243 e. The molecule has 2 heterocycles. The minimum absolute atomic E-state index is 0.0728. The first-order valence-corrected chi connectivity index (χ1v) is 6.58. The zero-order valence-corrected chi connectivity index (χ0v) is 12.3. The van der Waals surface area contributed by atoms with Crippen LogP contribution in [0.15, 0.2) is 4.52 Å². The maximum atomic E-state index is 5.49.